The van der Waals surface area contributed by atoms with Gasteiger partial charge in [-0.1, -0.05) is 295 Å². The smallest absolute Gasteiger partial charge is 0.124 e. The first-order valence-electron chi connectivity index (χ1n) is 38.9. The third-order valence-electron chi connectivity index (χ3n) is 24.9. The van der Waals surface area contributed by atoms with Crippen molar-refractivity contribution in [1.29, 1.82) is 0 Å². The number of ether oxygens (including phenoxy) is 3. The predicted octanol–water partition coefficient (Wildman–Crippen LogP) is 27.0. The van der Waals surface area contributed by atoms with Crippen molar-refractivity contribution in [1.82, 2.24) is 0 Å². The van der Waals surface area contributed by atoms with Crippen molar-refractivity contribution in [2.75, 3.05) is 31.1 Å². The summed E-state index contributed by atoms with van der Waals surface area (Å²) in [5, 5.41) is 0. The minimum atomic E-state index is -0.703. The number of hydrogen-bond donors (Lipinski definition) is 0. The summed E-state index contributed by atoms with van der Waals surface area (Å²) in [5.74, 6) is 2.22. The van der Waals surface area contributed by atoms with Gasteiger partial charge >= 0.3 is 0 Å². The van der Waals surface area contributed by atoms with Crippen LogP contribution in [0.15, 0.2) is 370 Å². The van der Waals surface area contributed by atoms with Gasteiger partial charge in [-0.25, -0.2) is 0 Å². The van der Waals surface area contributed by atoms with Crippen LogP contribution in [-0.2, 0) is 21.7 Å². The molecule has 20 rings (SSSR count). The van der Waals surface area contributed by atoms with Crippen LogP contribution in [0, 0.1) is 0 Å². The fourth-order valence-electron chi connectivity index (χ4n) is 19.9. The minimum Gasteiger partial charge on any atom is -0.497 e. The zero-order valence-electron chi connectivity index (χ0n) is 63.8. The molecule has 0 N–H and O–H groups in total. The molecule has 0 aliphatic heterocycles. The molecule has 0 fully saturated rings. The average Bonchev–Trinajstić information content (AvgIpc) is 1.53. The summed E-state index contributed by atoms with van der Waals surface area (Å²) < 4.78 is 17.8. The topological polar surface area (TPSA) is 34.2 Å². The molecule has 16 aromatic carbocycles. The lowest BCUT2D eigenvalue weighted by atomic mass is 9.67. The van der Waals surface area contributed by atoms with Crippen LogP contribution >= 0.6 is 0 Å². The number of hydrogen-bond acceptors (Lipinski definition) is 5. The van der Waals surface area contributed by atoms with Gasteiger partial charge in [-0.2, -0.15) is 0 Å². The van der Waals surface area contributed by atoms with Gasteiger partial charge in [0.25, 0.3) is 0 Å². The number of benzene rings is 16. The van der Waals surface area contributed by atoms with Gasteiger partial charge in [0, 0.05) is 57.5 Å². The van der Waals surface area contributed by atoms with Crippen molar-refractivity contribution in [2.45, 2.75) is 49.4 Å². The van der Waals surface area contributed by atoms with Gasteiger partial charge < -0.3 is 24.0 Å². The highest BCUT2D eigenvalue weighted by Crippen LogP contribution is 2.62. The fourth-order valence-corrected chi connectivity index (χ4v) is 19.9. The Kier molecular flexibility index (Phi) is 16.0. The first-order valence-corrected chi connectivity index (χ1v) is 38.9. The summed E-state index contributed by atoms with van der Waals surface area (Å²) in [6.07, 6.45) is 0. The van der Waals surface area contributed by atoms with Crippen molar-refractivity contribution >= 4 is 34.1 Å². The quantitative estimate of drug-likeness (QED) is 0.0963. The molecule has 0 radical (unpaired) electrons. The lowest BCUT2D eigenvalue weighted by Gasteiger charge is -2.35. The zero-order chi connectivity index (χ0) is 75.6. The minimum absolute atomic E-state index is 0.151. The Morgan fingerprint density at radius 1 is 0.196 bits per heavy atom. The maximum absolute atomic E-state index is 6.01. The van der Waals surface area contributed by atoms with Crippen molar-refractivity contribution in [3.63, 3.8) is 0 Å². The molecule has 16 aromatic rings. The monoisotopic (exact) mass is 1440 g/mol. The number of anilines is 6. The van der Waals surface area contributed by atoms with Crippen molar-refractivity contribution < 1.29 is 14.2 Å². The Bertz CT molecular complexity index is 6320. The molecule has 0 aromatic heterocycles. The molecule has 4 aliphatic carbocycles. The Morgan fingerprint density at radius 2 is 0.527 bits per heavy atom. The third kappa shape index (κ3) is 10.3. The Balaban J connectivity index is 0.669. The van der Waals surface area contributed by atoms with E-state index >= 15 is 0 Å². The molecule has 112 heavy (non-hydrogen) atoms. The SMILES string of the molecule is COc1ccc(N(c2ccc(-c3cccc4c3C(C)(C)c3ccccc3-4)cc2)c2ccc3c(c2)C(c2ccccc2)(c2cccc(-c4ccc5c(c4)C(C)(C)c4c(-c6ccc(N(c7cc(OC)cc(OC)c7)c7ccc8c(c7)C(c7ccccc7)(c7ccccc7)c7ccccc7-8)cc6)cccc4-5)c2)c2ccccc2-3)cc1. The van der Waals surface area contributed by atoms with E-state index in [2.05, 4.69) is 401 Å². The molecule has 0 bridgehead atoms. The third-order valence-corrected chi connectivity index (χ3v) is 24.9. The van der Waals surface area contributed by atoms with E-state index in [1.807, 2.05) is 6.07 Å². The van der Waals surface area contributed by atoms with Crippen LogP contribution in [0.4, 0.5) is 34.1 Å². The molecule has 0 heterocycles. The molecule has 0 saturated carbocycles. The highest BCUT2D eigenvalue weighted by Gasteiger charge is 2.49. The summed E-state index contributed by atoms with van der Waals surface area (Å²) in [5.41, 5.74) is 36.7. The van der Waals surface area contributed by atoms with E-state index in [-0.39, 0.29) is 10.8 Å². The van der Waals surface area contributed by atoms with Crippen LogP contribution in [0.2, 0.25) is 0 Å². The van der Waals surface area contributed by atoms with E-state index in [0.29, 0.717) is 11.5 Å². The molecule has 1 unspecified atom stereocenters. The predicted molar refractivity (Wildman–Crippen MR) is 462 cm³/mol. The van der Waals surface area contributed by atoms with E-state index in [0.717, 1.165) is 51.0 Å². The van der Waals surface area contributed by atoms with Gasteiger partial charge in [0.1, 0.15) is 17.2 Å². The number of methoxy groups -OCH3 is 3. The summed E-state index contributed by atoms with van der Waals surface area (Å²) in [6.45, 7) is 9.57. The van der Waals surface area contributed by atoms with E-state index in [4.69, 9.17) is 14.2 Å². The highest BCUT2D eigenvalue weighted by molar-refractivity contribution is 5.96. The first kappa shape index (κ1) is 67.8. The van der Waals surface area contributed by atoms with Gasteiger partial charge in [-0.3, -0.25) is 0 Å². The maximum atomic E-state index is 6.01. The molecule has 538 valence electrons. The summed E-state index contributed by atoms with van der Waals surface area (Å²) in [4.78, 5) is 4.76. The number of fused-ring (bicyclic) bond motifs is 12. The van der Waals surface area contributed by atoms with Gasteiger partial charge in [-0.15, -0.1) is 0 Å². The Labute approximate surface area is 656 Å². The number of nitrogens with zero attached hydrogens (tertiary/aromatic N) is 2. The van der Waals surface area contributed by atoms with Gasteiger partial charge in [0.15, 0.2) is 0 Å². The zero-order valence-corrected chi connectivity index (χ0v) is 63.8. The molecule has 5 nitrogen and oxygen atoms in total. The van der Waals surface area contributed by atoms with Gasteiger partial charge in [0.05, 0.1) is 37.8 Å². The molecule has 1 atom stereocenters. The summed E-state index contributed by atoms with van der Waals surface area (Å²) in [6, 6.07) is 138. The summed E-state index contributed by atoms with van der Waals surface area (Å²) in [7, 11) is 5.17. The van der Waals surface area contributed by atoms with Crippen LogP contribution in [0.3, 0.4) is 0 Å². The van der Waals surface area contributed by atoms with Crippen LogP contribution in [0.25, 0.3) is 77.9 Å². The van der Waals surface area contributed by atoms with E-state index in [1.165, 1.54) is 134 Å². The molecule has 4 aliphatic rings. The molecule has 5 heteroatoms. The van der Waals surface area contributed by atoms with Crippen LogP contribution in [0.5, 0.6) is 17.2 Å². The second kappa shape index (κ2) is 26.4. The van der Waals surface area contributed by atoms with Gasteiger partial charge in [-0.05, 0) is 230 Å². The molecule has 0 saturated heterocycles. The van der Waals surface area contributed by atoms with E-state index < -0.39 is 10.8 Å². The lowest BCUT2D eigenvalue weighted by Crippen LogP contribution is -2.29. The van der Waals surface area contributed by atoms with Crippen molar-refractivity contribution in [3.05, 3.63) is 437 Å². The largest absolute Gasteiger partial charge is 0.497 e. The maximum Gasteiger partial charge on any atom is 0.124 e. The molecular formula is C107H82N2O3. The van der Waals surface area contributed by atoms with Crippen LogP contribution in [0.1, 0.15) is 94.5 Å². The van der Waals surface area contributed by atoms with Crippen LogP contribution in [-0.4, -0.2) is 21.3 Å². The summed E-state index contributed by atoms with van der Waals surface area (Å²) >= 11 is 0. The number of rotatable bonds is 16. The Hall–Kier alpha value is -13.5. The highest BCUT2D eigenvalue weighted by atomic mass is 16.5. The average molecular weight is 1440 g/mol. The normalized spacial score (nSPS) is 15.0. The molecule has 0 amide bonds. The van der Waals surface area contributed by atoms with Crippen molar-refractivity contribution in [3.8, 4) is 95.1 Å². The first-order chi connectivity index (χ1) is 54.9. The second-order valence-corrected chi connectivity index (χ2v) is 31.3. The van der Waals surface area contributed by atoms with Crippen LogP contribution < -0.4 is 24.0 Å². The van der Waals surface area contributed by atoms with Gasteiger partial charge in [0.2, 0.25) is 0 Å². The van der Waals surface area contributed by atoms with E-state index in [1.54, 1.807) is 21.3 Å². The molecular weight excluding hydrogens is 1360 g/mol. The fraction of sp³-hybridized carbons (Fsp3) is 0.103. The molecule has 0 spiro atoms. The van der Waals surface area contributed by atoms with Crippen molar-refractivity contribution in [2.24, 2.45) is 0 Å². The second-order valence-electron chi connectivity index (χ2n) is 31.3. The standard InChI is InChI=1S/C107H82N2O3/c1-104(2)96-41-20-17-36-90(96)94-39-24-37-86(102(94)104)69-44-49-77(50-45-69)108(79-53-57-83(110-5)58-54-79)80-55-60-92-89-35-19-22-43-98(89)107(101(92)66-80,75-31-15-10-16-32-75)76-33-23-26-71(62-76)72-48-59-93-95-40-25-38-87(103(95)105(3,4)99(93)63-72)70-46-51-78(52-47-70)109(82-64-84(111-6)68-85(65-82)112-7)81-56-61-91-88-34-18-21-42-97(88)106(100(91)67-81,73-27-11-8-12-28-73)74-29-13-9-14-30-74/h8-68H,1-7H3. The van der Waals surface area contributed by atoms with E-state index in [9.17, 15) is 0 Å². The lowest BCUT2D eigenvalue weighted by molar-refractivity contribution is 0.394. The Morgan fingerprint density at radius 3 is 1.01 bits per heavy atom.